The molecule has 0 aliphatic heterocycles. The second-order valence-corrected chi connectivity index (χ2v) is 5.02. The van der Waals surface area contributed by atoms with E-state index in [-0.39, 0.29) is 11.7 Å². The van der Waals surface area contributed by atoms with Gasteiger partial charge in [-0.15, -0.1) is 0 Å². The van der Waals surface area contributed by atoms with Crippen LogP contribution in [-0.4, -0.2) is 36.1 Å². The van der Waals surface area contributed by atoms with Gasteiger partial charge in [0.1, 0.15) is 0 Å². The van der Waals surface area contributed by atoms with E-state index in [2.05, 4.69) is 15.3 Å². The van der Waals surface area contributed by atoms with Crippen LogP contribution in [0.25, 0.3) is 11.4 Å². The van der Waals surface area contributed by atoms with Gasteiger partial charge in [0.2, 0.25) is 0 Å². The third-order valence-electron chi connectivity index (χ3n) is 3.29. The molecular weight excluding hydrogens is 323 g/mol. The quantitative estimate of drug-likeness (QED) is 0.851. The van der Waals surface area contributed by atoms with Crippen LogP contribution >= 0.6 is 0 Å². The third-order valence-corrected chi connectivity index (χ3v) is 3.29. The first kappa shape index (κ1) is 17.9. The van der Waals surface area contributed by atoms with Crippen LogP contribution in [-0.2, 0) is 10.9 Å². The van der Waals surface area contributed by atoms with E-state index < -0.39 is 11.7 Å². The number of aromatic nitrogens is 2. The summed E-state index contributed by atoms with van der Waals surface area (Å²) in [6, 6.07) is 4.55. The van der Waals surface area contributed by atoms with Crippen molar-refractivity contribution in [2.24, 2.45) is 0 Å². The number of carbonyl (C=O) groups is 1. The highest BCUT2D eigenvalue weighted by molar-refractivity contribution is 5.95. The summed E-state index contributed by atoms with van der Waals surface area (Å²) in [6.07, 6.45) is -3.03. The molecule has 1 N–H and O–H groups in total. The highest BCUT2D eigenvalue weighted by Gasteiger charge is 2.30. The first-order valence-corrected chi connectivity index (χ1v) is 7.11. The fourth-order valence-electron chi connectivity index (χ4n) is 2.00. The average molecular weight is 339 g/mol. The molecule has 1 aromatic carbocycles. The smallest absolute Gasteiger partial charge is 0.383 e. The number of ether oxygens (including phenoxy) is 1. The Hall–Kier alpha value is -2.48. The predicted octanol–water partition coefficient (Wildman–Crippen LogP) is 2.85. The van der Waals surface area contributed by atoms with Crippen molar-refractivity contribution in [3.8, 4) is 11.4 Å². The number of carbonyl (C=O) groups excluding carboxylic acids is 1. The van der Waals surface area contributed by atoms with Gasteiger partial charge >= 0.3 is 6.18 Å². The fourth-order valence-corrected chi connectivity index (χ4v) is 2.00. The van der Waals surface area contributed by atoms with Gasteiger partial charge in [-0.1, -0.05) is 12.1 Å². The lowest BCUT2D eigenvalue weighted by atomic mass is 10.1. The molecule has 0 aliphatic rings. The van der Waals surface area contributed by atoms with Gasteiger partial charge in [0, 0.05) is 25.4 Å². The topological polar surface area (TPSA) is 64.1 Å². The maximum atomic E-state index is 12.6. The number of benzene rings is 1. The third kappa shape index (κ3) is 4.29. The minimum absolute atomic E-state index is 0.259. The van der Waals surface area contributed by atoms with E-state index in [9.17, 15) is 18.0 Å². The number of alkyl halides is 3. The molecule has 0 saturated carbocycles. The van der Waals surface area contributed by atoms with Crippen LogP contribution in [0.4, 0.5) is 13.2 Å². The Morgan fingerprint density at radius 2 is 1.92 bits per heavy atom. The van der Waals surface area contributed by atoms with Gasteiger partial charge in [-0.05, 0) is 19.1 Å². The van der Waals surface area contributed by atoms with Crippen LogP contribution in [0.1, 0.15) is 21.6 Å². The second kappa shape index (κ2) is 7.39. The Bertz CT molecular complexity index is 715. The van der Waals surface area contributed by atoms with Gasteiger partial charge in [0.15, 0.2) is 5.82 Å². The molecule has 24 heavy (non-hydrogen) atoms. The lowest BCUT2D eigenvalue weighted by molar-refractivity contribution is -0.137. The Kier molecular flexibility index (Phi) is 5.50. The van der Waals surface area contributed by atoms with Crippen molar-refractivity contribution in [3.05, 3.63) is 47.3 Å². The van der Waals surface area contributed by atoms with E-state index in [1.807, 2.05) is 0 Å². The first-order valence-electron chi connectivity index (χ1n) is 7.11. The number of amides is 1. The lowest BCUT2D eigenvalue weighted by Gasteiger charge is -2.09. The second-order valence-electron chi connectivity index (χ2n) is 5.02. The maximum Gasteiger partial charge on any atom is 0.416 e. The largest absolute Gasteiger partial charge is 0.416 e. The Morgan fingerprint density at radius 3 is 2.46 bits per heavy atom. The van der Waals surface area contributed by atoms with Crippen LogP contribution < -0.4 is 5.32 Å². The molecule has 128 valence electrons. The molecule has 1 aromatic heterocycles. The molecule has 0 fully saturated rings. The van der Waals surface area contributed by atoms with E-state index in [4.69, 9.17) is 4.74 Å². The van der Waals surface area contributed by atoms with Crippen molar-refractivity contribution in [1.82, 2.24) is 15.3 Å². The minimum atomic E-state index is -4.39. The first-order chi connectivity index (χ1) is 11.3. The van der Waals surface area contributed by atoms with Gasteiger partial charge in [0.25, 0.3) is 5.91 Å². The van der Waals surface area contributed by atoms with Crippen molar-refractivity contribution >= 4 is 5.91 Å². The Balaban J connectivity index is 2.18. The molecule has 0 aliphatic carbocycles. The number of rotatable bonds is 5. The number of hydrogen-bond donors (Lipinski definition) is 1. The van der Waals surface area contributed by atoms with Crippen molar-refractivity contribution in [3.63, 3.8) is 0 Å². The standard InChI is InChI=1S/C16H16F3N3O2/c1-10-13(15(23)20-7-8-24-2)9-21-14(22-10)11-3-5-12(6-4-11)16(17,18)19/h3-6,9H,7-8H2,1-2H3,(H,20,23). The minimum Gasteiger partial charge on any atom is -0.383 e. The molecule has 0 spiro atoms. The number of halogens is 3. The number of aryl methyl sites for hydroxylation is 1. The molecule has 0 bridgehead atoms. The molecule has 0 saturated heterocycles. The van der Waals surface area contributed by atoms with Gasteiger partial charge in [-0.2, -0.15) is 13.2 Å². The van der Waals surface area contributed by atoms with E-state index in [1.165, 1.54) is 25.4 Å². The summed E-state index contributed by atoms with van der Waals surface area (Å²) in [5, 5.41) is 2.66. The molecule has 2 aromatic rings. The fraction of sp³-hybridized carbons (Fsp3) is 0.312. The number of nitrogens with zero attached hydrogens (tertiary/aromatic N) is 2. The SMILES string of the molecule is COCCNC(=O)c1cnc(-c2ccc(C(F)(F)F)cc2)nc1C. The van der Waals surface area contributed by atoms with Gasteiger partial charge in [-0.25, -0.2) is 9.97 Å². The number of methoxy groups -OCH3 is 1. The van der Waals surface area contributed by atoms with Crippen molar-refractivity contribution in [1.29, 1.82) is 0 Å². The maximum absolute atomic E-state index is 12.6. The van der Waals surface area contributed by atoms with Crippen LogP contribution in [0.2, 0.25) is 0 Å². The average Bonchev–Trinajstić information content (AvgIpc) is 2.54. The zero-order chi connectivity index (χ0) is 17.7. The molecule has 1 amide bonds. The van der Waals surface area contributed by atoms with Crippen LogP contribution in [0.3, 0.4) is 0 Å². The van der Waals surface area contributed by atoms with E-state index in [0.29, 0.717) is 30.0 Å². The molecule has 5 nitrogen and oxygen atoms in total. The molecule has 0 unspecified atom stereocenters. The van der Waals surface area contributed by atoms with Crippen LogP contribution in [0.5, 0.6) is 0 Å². The molecular formula is C16H16F3N3O2. The molecule has 0 atom stereocenters. The monoisotopic (exact) mass is 339 g/mol. The molecule has 1 heterocycles. The highest BCUT2D eigenvalue weighted by Crippen LogP contribution is 2.30. The van der Waals surface area contributed by atoms with Gasteiger partial charge < -0.3 is 10.1 Å². The van der Waals surface area contributed by atoms with E-state index >= 15 is 0 Å². The summed E-state index contributed by atoms with van der Waals surface area (Å²) < 4.78 is 42.6. The Labute approximate surface area is 136 Å². The van der Waals surface area contributed by atoms with E-state index in [1.54, 1.807) is 6.92 Å². The van der Waals surface area contributed by atoms with E-state index in [0.717, 1.165) is 12.1 Å². The summed E-state index contributed by atoms with van der Waals surface area (Å²) in [5.74, 6) is -0.0711. The van der Waals surface area contributed by atoms with Crippen molar-refractivity contribution < 1.29 is 22.7 Å². The molecule has 0 radical (unpaired) electrons. The highest BCUT2D eigenvalue weighted by atomic mass is 19.4. The molecule has 2 rings (SSSR count). The molecule has 8 heteroatoms. The lowest BCUT2D eigenvalue weighted by Crippen LogP contribution is -2.28. The summed E-state index contributed by atoms with van der Waals surface area (Å²) in [4.78, 5) is 20.2. The van der Waals surface area contributed by atoms with Crippen molar-refractivity contribution in [2.45, 2.75) is 13.1 Å². The summed E-state index contributed by atoms with van der Waals surface area (Å²) in [6.45, 7) is 2.38. The van der Waals surface area contributed by atoms with Gasteiger partial charge in [0.05, 0.1) is 23.4 Å². The predicted molar refractivity (Wildman–Crippen MR) is 81.4 cm³/mol. The number of hydrogen-bond acceptors (Lipinski definition) is 4. The zero-order valence-electron chi connectivity index (χ0n) is 13.1. The van der Waals surface area contributed by atoms with Crippen LogP contribution in [0.15, 0.2) is 30.5 Å². The number of nitrogens with one attached hydrogen (secondary N) is 1. The summed E-state index contributed by atoms with van der Waals surface area (Å²) in [7, 11) is 1.53. The van der Waals surface area contributed by atoms with Crippen molar-refractivity contribution in [2.75, 3.05) is 20.3 Å². The Morgan fingerprint density at radius 1 is 1.25 bits per heavy atom. The zero-order valence-corrected chi connectivity index (χ0v) is 13.1. The van der Waals surface area contributed by atoms with Gasteiger partial charge in [-0.3, -0.25) is 4.79 Å². The normalized spacial score (nSPS) is 11.4. The summed E-state index contributed by atoms with van der Waals surface area (Å²) >= 11 is 0. The van der Waals surface area contributed by atoms with Crippen LogP contribution in [0, 0.1) is 6.92 Å². The summed E-state index contributed by atoms with van der Waals surface area (Å²) in [5.41, 5.74) is 0.450.